The van der Waals surface area contributed by atoms with Crippen LogP contribution >= 0.6 is 11.3 Å². The Bertz CT molecular complexity index is 675. The lowest BCUT2D eigenvalue weighted by Gasteiger charge is -2.10. The van der Waals surface area contributed by atoms with Crippen LogP contribution in [0.5, 0.6) is 0 Å². The van der Waals surface area contributed by atoms with E-state index in [-0.39, 0.29) is 36.1 Å². The van der Waals surface area contributed by atoms with Crippen molar-refractivity contribution >= 4 is 28.8 Å². The molecule has 128 valence electrons. The summed E-state index contributed by atoms with van der Waals surface area (Å²) >= 11 is 1.14. The van der Waals surface area contributed by atoms with Crippen LogP contribution in [0.2, 0.25) is 0 Å². The number of nitrogens with zero attached hydrogens (tertiary/aromatic N) is 2. The Labute approximate surface area is 144 Å². The minimum Gasteiger partial charge on any atom is -0.364 e. The van der Waals surface area contributed by atoms with E-state index < -0.39 is 0 Å². The van der Waals surface area contributed by atoms with Crippen molar-refractivity contribution in [3.63, 3.8) is 0 Å². The summed E-state index contributed by atoms with van der Waals surface area (Å²) in [7, 11) is 0. The molecule has 0 aliphatic rings. The first-order valence-electron chi connectivity index (χ1n) is 7.64. The molecular formula is C16H20N4O3S. The van der Waals surface area contributed by atoms with Crippen LogP contribution in [0.4, 0.5) is 5.69 Å². The number of para-hydroxylation sites is 1. The third-order valence-corrected chi connectivity index (χ3v) is 4.07. The van der Waals surface area contributed by atoms with Gasteiger partial charge in [0.1, 0.15) is 18.2 Å². The number of carbonyl (C=O) groups excluding carboxylic acids is 2. The van der Waals surface area contributed by atoms with Crippen LogP contribution in [0.25, 0.3) is 0 Å². The maximum atomic E-state index is 12.1. The van der Waals surface area contributed by atoms with Gasteiger partial charge in [0.25, 0.3) is 5.91 Å². The van der Waals surface area contributed by atoms with E-state index in [1.165, 1.54) is 0 Å². The molecule has 0 saturated carbocycles. The average molecular weight is 348 g/mol. The van der Waals surface area contributed by atoms with Gasteiger partial charge in [0.05, 0.1) is 0 Å². The third kappa shape index (κ3) is 5.71. The highest BCUT2D eigenvalue weighted by Crippen LogP contribution is 2.13. The molecule has 0 spiro atoms. The molecule has 0 bridgehead atoms. The van der Waals surface area contributed by atoms with E-state index in [0.717, 1.165) is 17.8 Å². The Morgan fingerprint density at radius 3 is 2.71 bits per heavy atom. The first-order chi connectivity index (χ1) is 11.6. The fourth-order valence-electron chi connectivity index (χ4n) is 1.76. The number of hydrogen-bond acceptors (Lipinski definition) is 6. The van der Waals surface area contributed by atoms with Crippen molar-refractivity contribution in [2.45, 2.75) is 32.9 Å². The van der Waals surface area contributed by atoms with Gasteiger partial charge in [0.15, 0.2) is 0 Å². The molecule has 0 radical (unpaired) electrons. The van der Waals surface area contributed by atoms with Gasteiger partial charge in [-0.1, -0.05) is 36.5 Å². The minimum absolute atomic E-state index is 0.0462. The van der Waals surface area contributed by atoms with Gasteiger partial charge in [0, 0.05) is 11.7 Å². The van der Waals surface area contributed by atoms with E-state index in [1.807, 2.05) is 32.0 Å². The van der Waals surface area contributed by atoms with E-state index in [9.17, 15) is 9.59 Å². The largest absolute Gasteiger partial charge is 0.364 e. The third-order valence-electron chi connectivity index (χ3n) is 3.17. The molecule has 2 N–H and O–H groups in total. The SMILES string of the molecule is CCC(C)NC(=O)COCc1nnc(C(=O)Nc2ccccc2)s1. The van der Waals surface area contributed by atoms with Crippen LogP contribution in [0, 0.1) is 0 Å². The number of anilines is 1. The number of hydrogen-bond donors (Lipinski definition) is 2. The fraction of sp³-hybridized carbons (Fsp3) is 0.375. The van der Waals surface area contributed by atoms with E-state index >= 15 is 0 Å². The van der Waals surface area contributed by atoms with Gasteiger partial charge in [-0.15, -0.1) is 10.2 Å². The molecule has 0 aliphatic carbocycles. The number of ether oxygens (including phenoxy) is 1. The molecule has 1 aromatic carbocycles. The lowest BCUT2D eigenvalue weighted by Crippen LogP contribution is -2.34. The lowest BCUT2D eigenvalue weighted by molar-refractivity contribution is -0.126. The van der Waals surface area contributed by atoms with E-state index in [0.29, 0.717) is 10.7 Å². The first-order valence-corrected chi connectivity index (χ1v) is 8.46. The van der Waals surface area contributed by atoms with E-state index in [1.54, 1.807) is 12.1 Å². The molecule has 2 amide bonds. The molecule has 7 nitrogen and oxygen atoms in total. The van der Waals surface area contributed by atoms with E-state index in [4.69, 9.17) is 4.74 Å². The molecule has 1 aromatic heterocycles. The van der Waals surface area contributed by atoms with Crippen molar-refractivity contribution in [1.29, 1.82) is 0 Å². The number of aromatic nitrogens is 2. The highest BCUT2D eigenvalue weighted by molar-refractivity contribution is 7.13. The van der Waals surface area contributed by atoms with Gasteiger partial charge < -0.3 is 15.4 Å². The molecule has 24 heavy (non-hydrogen) atoms. The summed E-state index contributed by atoms with van der Waals surface area (Å²) in [6.07, 6.45) is 0.863. The molecule has 0 fully saturated rings. The van der Waals surface area contributed by atoms with Gasteiger partial charge in [-0.3, -0.25) is 9.59 Å². The number of nitrogens with one attached hydrogen (secondary N) is 2. The summed E-state index contributed by atoms with van der Waals surface area (Å²) < 4.78 is 5.30. The van der Waals surface area contributed by atoms with Crippen LogP contribution in [-0.4, -0.2) is 34.7 Å². The summed E-state index contributed by atoms with van der Waals surface area (Å²) in [5.41, 5.74) is 0.692. The van der Waals surface area contributed by atoms with E-state index in [2.05, 4.69) is 20.8 Å². The van der Waals surface area contributed by atoms with Gasteiger partial charge >= 0.3 is 0 Å². The van der Waals surface area contributed by atoms with Crippen LogP contribution in [-0.2, 0) is 16.1 Å². The zero-order valence-corrected chi connectivity index (χ0v) is 14.4. The van der Waals surface area contributed by atoms with Crippen molar-refractivity contribution in [2.24, 2.45) is 0 Å². The quantitative estimate of drug-likeness (QED) is 0.763. The second-order valence-corrected chi connectivity index (χ2v) is 6.25. The smallest absolute Gasteiger partial charge is 0.286 e. The molecular weight excluding hydrogens is 328 g/mol. The topological polar surface area (TPSA) is 93.2 Å². The normalized spacial score (nSPS) is 11.8. The van der Waals surface area contributed by atoms with Gasteiger partial charge in [-0.25, -0.2) is 0 Å². The predicted molar refractivity (Wildman–Crippen MR) is 91.9 cm³/mol. The summed E-state index contributed by atoms with van der Waals surface area (Å²) in [5, 5.41) is 14.1. The van der Waals surface area contributed by atoms with Crippen molar-refractivity contribution < 1.29 is 14.3 Å². The van der Waals surface area contributed by atoms with Crippen LogP contribution in [0.15, 0.2) is 30.3 Å². The molecule has 1 unspecified atom stereocenters. The van der Waals surface area contributed by atoms with Crippen LogP contribution in [0.1, 0.15) is 35.1 Å². The number of carbonyl (C=O) groups is 2. The standard InChI is InChI=1S/C16H20N4O3S/c1-3-11(2)17-13(21)9-23-10-14-19-20-16(24-14)15(22)18-12-7-5-4-6-8-12/h4-8,11H,3,9-10H2,1-2H3,(H,17,21)(H,18,22). The van der Waals surface area contributed by atoms with Crippen molar-refractivity contribution in [3.05, 3.63) is 40.3 Å². The second-order valence-electron chi connectivity index (χ2n) is 5.19. The molecule has 8 heteroatoms. The van der Waals surface area contributed by atoms with Crippen LogP contribution in [0.3, 0.4) is 0 Å². The Hall–Kier alpha value is -2.32. The maximum absolute atomic E-state index is 12.1. The Morgan fingerprint density at radius 1 is 1.25 bits per heavy atom. The van der Waals surface area contributed by atoms with Gasteiger partial charge in [-0.2, -0.15) is 0 Å². The monoisotopic (exact) mass is 348 g/mol. The zero-order valence-electron chi connectivity index (χ0n) is 13.6. The molecule has 0 aliphatic heterocycles. The summed E-state index contributed by atoms with van der Waals surface area (Å²) in [6.45, 7) is 4.02. The minimum atomic E-state index is -0.320. The maximum Gasteiger partial charge on any atom is 0.286 e. The zero-order chi connectivity index (χ0) is 17.4. The fourth-order valence-corrected chi connectivity index (χ4v) is 2.43. The van der Waals surface area contributed by atoms with Gasteiger partial charge in [-0.05, 0) is 25.5 Å². The Morgan fingerprint density at radius 2 is 2.00 bits per heavy atom. The van der Waals surface area contributed by atoms with Crippen molar-refractivity contribution in [2.75, 3.05) is 11.9 Å². The second kappa shape index (κ2) is 9.09. The molecule has 2 aromatic rings. The molecule has 1 atom stereocenters. The number of rotatable bonds is 8. The lowest BCUT2D eigenvalue weighted by atomic mass is 10.2. The predicted octanol–water partition coefficient (Wildman–Crippen LogP) is 2.22. The molecule has 2 rings (SSSR count). The number of benzene rings is 1. The highest BCUT2D eigenvalue weighted by atomic mass is 32.1. The van der Waals surface area contributed by atoms with Crippen LogP contribution < -0.4 is 10.6 Å². The van der Waals surface area contributed by atoms with Gasteiger partial charge in [0.2, 0.25) is 10.9 Å². The Kier molecular flexibility index (Phi) is 6.83. The Balaban J connectivity index is 1.78. The van der Waals surface area contributed by atoms with Crippen molar-refractivity contribution in [1.82, 2.24) is 15.5 Å². The summed E-state index contributed by atoms with van der Waals surface area (Å²) in [5.74, 6) is -0.490. The average Bonchev–Trinajstić information content (AvgIpc) is 3.04. The van der Waals surface area contributed by atoms with Crippen molar-refractivity contribution in [3.8, 4) is 0 Å². The number of amides is 2. The molecule has 1 heterocycles. The first kappa shape index (κ1) is 18.0. The summed E-state index contributed by atoms with van der Waals surface area (Å²) in [4.78, 5) is 23.6. The molecule has 0 saturated heterocycles. The summed E-state index contributed by atoms with van der Waals surface area (Å²) in [6, 6.07) is 9.24. The highest BCUT2D eigenvalue weighted by Gasteiger charge is 2.13.